The van der Waals surface area contributed by atoms with Gasteiger partial charge in [-0.25, -0.2) is 9.18 Å². The Morgan fingerprint density at radius 3 is 2.85 bits per heavy atom. The Balaban J connectivity index is 2.34. The molecule has 1 aromatic heterocycles. The van der Waals surface area contributed by atoms with Crippen LogP contribution in [0.3, 0.4) is 0 Å². The molecular formula is C14H18ClFN2O2. The summed E-state index contributed by atoms with van der Waals surface area (Å²) >= 11 is 5.60. The van der Waals surface area contributed by atoms with Crippen molar-refractivity contribution in [2.75, 3.05) is 6.54 Å². The van der Waals surface area contributed by atoms with E-state index >= 15 is 0 Å². The lowest BCUT2D eigenvalue weighted by molar-refractivity contribution is 0.0529. The first-order chi connectivity index (χ1) is 9.28. The Bertz CT molecular complexity index is 498. The lowest BCUT2D eigenvalue weighted by Gasteiger charge is -2.19. The van der Waals surface area contributed by atoms with Crippen LogP contribution in [-0.2, 0) is 4.74 Å². The number of carbonyl (C=O) groups is 1. The third-order valence-electron chi connectivity index (χ3n) is 2.09. The summed E-state index contributed by atoms with van der Waals surface area (Å²) in [4.78, 5) is 15.2. The maximum Gasteiger partial charge on any atom is 0.407 e. The van der Waals surface area contributed by atoms with Crippen LogP contribution in [-0.4, -0.2) is 23.2 Å². The van der Waals surface area contributed by atoms with E-state index in [4.69, 9.17) is 16.3 Å². The van der Waals surface area contributed by atoms with Crippen LogP contribution in [0.25, 0.3) is 6.08 Å². The normalized spacial score (nSPS) is 11.7. The van der Waals surface area contributed by atoms with Crippen molar-refractivity contribution in [2.45, 2.75) is 32.8 Å². The predicted molar refractivity (Wildman–Crippen MR) is 77.1 cm³/mol. The van der Waals surface area contributed by atoms with E-state index in [0.717, 1.165) is 0 Å². The molecule has 0 aliphatic heterocycles. The highest BCUT2D eigenvalue weighted by molar-refractivity contribution is 6.30. The number of carbonyl (C=O) groups excluding carboxylic acids is 1. The highest BCUT2D eigenvalue weighted by atomic mass is 35.5. The van der Waals surface area contributed by atoms with Gasteiger partial charge in [-0.15, -0.1) is 0 Å². The van der Waals surface area contributed by atoms with Gasteiger partial charge in [0.2, 0.25) is 0 Å². The van der Waals surface area contributed by atoms with Crippen LogP contribution in [0.4, 0.5) is 9.18 Å². The number of aromatic nitrogens is 1. The Morgan fingerprint density at radius 1 is 1.55 bits per heavy atom. The van der Waals surface area contributed by atoms with Gasteiger partial charge in [-0.05, 0) is 39.3 Å². The van der Waals surface area contributed by atoms with Crippen molar-refractivity contribution in [3.8, 4) is 0 Å². The van der Waals surface area contributed by atoms with Crippen molar-refractivity contribution in [3.63, 3.8) is 0 Å². The molecule has 0 unspecified atom stereocenters. The van der Waals surface area contributed by atoms with Crippen molar-refractivity contribution >= 4 is 23.8 Å². The van der Waals surface area contributed by atoms with Gasteiger partial charge in [-0.2, -0.15) is 0 Å². The molecule has 0 saturated carbocycles. The Morgan fingerprint density at radius 2 is 2.25 bits per heavy atom. The van der Waals surface area contributed by atoms with Gasteiger partial charge in [0, 0.05) is 12.7 Å². The average molecular weight is 301 g/mol. The Labute approximate surface area is 123 Å². The Hall–Kier alpha value is -1.62. The molecule has 0 radical (unpaired) electrons. The monoisotopic (exact) mass is 300 g/mol. The first-order valence-corrected chi connectivity index (χ1v) is 6.60. The molecule has 1 aromatic rings. The van der Waals surface area contributed by atoms with E-state index in [-0.39, 0.29) is 10.7 Å². The fraction of sp³-hybridized carbons (Fsp3) is 0.429. The third-order valence-corrected chi connectivity index (χ3v) is 2.30. The van der Waals surface area contributed by atoms with Crippen molar-refractivity contribution < 1.29 is 13.9 Å². The largest absolute Gasteiger partial charge is 0.444 e. The highest BCUT2D eigenvalue weighted by Crippen LogP contribution is 2.12. The van der Waals surface area contributed by atoms with Crippen LogP contribution in [0, 0.1) is 5.82 Å². The van der Waals surface area contributed by atoms with E-state index in [2.05, 4.69) is 10.3 Å². The number of pyridine rings is 1. The van der Waals surface area contributed by atoms with E-state index in [1.165, 1.54) is 12.3 Å². The van der Waals surface area contributed by atoms with Gasteiger partial charge in [-0.3, -0.25) is 4.98 Å². The maximum absolute atomic E-state index is 13.4. The number of nitrogens with one attached hydrogen (secondary N) is 1. The zero-order chi connectivity index (χ0) is 15.2. The second-order valence-corrected chi connectivity index (χ2v) is 5.58. The smallest absolute Gasteiger partial charge is 0.407 e. The molecule has 0 atom stereocenters. The zero-order valence-electron chi connectivity index (χ0n) is 11.7. The molecule has 20 heavy (non-hydrogen) atoms. The number of amides is 1. The maximum atomic E-state index is 13.4. The molecule has 6 heteroatoms. The van der Waals surface area contributed by atoms with Gasteiger partial charge in [0.15, 0.2) is 0 Å². The molecule has 1 rings (SSSR count). The summed E-state index contributed by atoms with van der Waals surface area (Å²) in [7, 11) is 0. The molecule has 0 saturated heterocycles. The molecule has 1 heterocycles. The van der Waals surface area contributed by atoms with Crippen LogP contribution in [0.15, 0.2) is 18.3 Å². The number of alkyl carbamates (subject to hydrolysis) is 1. The van der Waals surface area contributed by atoms with Gasteiger partial charge in [-0.1, -0.05) is 17.7 Å². The van der Waals surface area contributed by atoms with E-state index < -0.39 is 17.5 Å². The second-order valence-electron chi connectivity index (χ2n) is 5.14. The van der Waals surface area contributed by atoms with Crippen molar-refractivity contribution in [3.05, 3.63) is 34.9 Å². The highest BCUT2D eigenvalue weighted by Gasteiger charge is 2.15. The molecule has 0 aliphatic rings. The van der Waals surface area contributed by atoms with Crippen LogP contribution in [0.5, 0.6) is 0 Å². The van der Waals surface area contributed by atoms with E-state index in [9.17, 15) is 9.18 Å². The molecule has 1 N–H and O–H groups in total. The average Bonchev–Trinajstić information content (AvgIpc) is 2.28. The summed E-state index contributed by atoms with van der Waals surface area (Å²) in [6.07, 6.45) is 4.72. The molecule has 0 fully saturated rings. The SMILES string of the molecule is CC(C)(C)OC(=O)NCCC=Cc1ncc(Cl)cc1F. The molecule has 4 nitrogen and oxygen atoms in total. The summed E-state index contributed by atoms with van der Waals surface area (Å²) < 4.78 is 18.5. The first kappa shape index (κ1) is 16.4. The van der Waals surface area contributed by atoms with Crippen molar-refractivity contribution in [1.29, 1.82) is 0 Å². The Kier molecular flexibility index (Phi) is 5.95. The van der Waals surface area contributed by atoms with Crippen LogP contribution in [0.1, 0.15) is 32.9 Å². The number of ether oxygens (including phenoxy) is 1. The lowest BCUT2D eigenvalue weighted by Crippen LogP contribution is -2.32. The molecule has 110 valence electrons. The molecular weight excluding hydrogens is 283 g/mol. The van der Waals surface area contributed by atoms with E-state index in [1.54, 1.807) is 32.9 Å². The summed E-state index contributed by atoms with van der Waals surface area (Å²) in [5.41, 5.74) is -0.303. The quantitative estimate of drug-likeness (QED) is 0.860. The number of hydrogen-bond acceptors (Lipinski definition) is 3. The minimum atomic E-state index is -0.518. The minimum Gasteiger partial charge on any atom is -0.444 e. The van der Waals surface area contributed by atoms with E-state index in [0.29, 0.717) is 13.0 Å². The number of rotatable bonds is 4. The molecule has 0 aromatic carbocycles. The lowest BCUT2D eigenvalue weighted by atomic mass is 10.2. The number of hydrogen-bond donors (Lipinski definition) is 1. The van der Waals surface area contributed by atoms with Gasteiger partial charge in [0.1, 0.15) is 11.4 Å². The summed E-state index contributed by atoms with van der Waals surface area (Å²) in [6.45, 7) is 5.78. The van der Waals surface area contributed by atoms with Gasteiger partial charge < -0.3 is 10.1 Å². The van der Waals surface area contributed by atoms with Crippen molar-refractivity contribution in [1.82, 2.24) is 10.3 Å². The predicted octanol–water partition coefficient (Wildman–Crippen LogP) is 3.80. The molecule has 0 aliphatic carbocycles. The third kappa shape index (κ3) is 6.52. The fourth-order valence-corrected chi connectivity index (χ4v) is 1.46. The number of halogens is 2. The first-order valence-electron chi connectivity index (χ1n) is 6.22. The number of nitrogens with zero attached hydrogens (tertiary/aromatic N) is 1. The fourth-order valence-electron chi connectivity index (χ4n) is 1.31. The molecule has 0 spiro atoms. The molecule has 1 amide bonds. The van der Waals surface area contributed by atoms with Crippen LogP contribution < -0.4 is 5.32 Å². The standard InChI is InChI=1S/C14H18ClFN2O2/c1-14(2,3)20-13(19)17-7-5-4-6-12-11(16)8-10(15)9-18-12/h4,6,8-9H,5,7H2,1-3H3,(H,17,19). The van der Waals surface area contributed by atoms with E-state index in [1.807, 2.05) is 0 Å². The summed E-state index contributed by atoms with van der Waals surface area (Å²) in [5, 5.41) is 2.86. The van der Waals surface area contributed by atoms with Crippen molar-refractivity contribution in [2.24, 2.45) is 0 Å². The van der Waals surface area contributed by atoms with Crippen LogP contribution >= 0.6 is 11.6 Å². The summed E-state index contributed by atoms with van der Waals surface area (Å²) in [6, 6.07) is 1.20. The van der Waals surface area contributed by atoms with Crippen LogP contribution in [0.2, 0.25) is 5.02 Å². The van der Waals surface area contributed by atoms with Gasteiger partial charge in [0.25, 0.3) is 0 Å². The second kappa shape index (κ2) is 7.24. The minimum absolute atomic E-state index is 0.215. The summed E-state index contributed by atoms with van der Waals surface area (Å²) in [5.74, 6) is -0.478. The van der Waals surface area contributed by atoms with Gasteiger partial charge >= 0.3 is 6.09 Å². The molecule has 0 bridgehead atoms. The zero-order valence-corrected chi connectivity index (χ0v) is 12.5. The topological polar surface area (TPSA) is 51.2 Å². The van der Waals surface area contributed by atoms with Gasteiger partial charge in [0.05, 0.1) is 10.7 Å².